The van der Waals surface area contributed by atoms with Crippen LogP contribution in [-0.2, 0) is 9.47 Å². The number of carbonyl (C=O) groups excluding carboxylic acids is 4. The third-order valence-electron chi connectivity index (χ3n) is 6.19. The fourth-order valence-electron chi connectivity index (χ4n) is 4.52. The number of hydrogen-bond acceptors (Lipinski definition) is 6. The van der Waals surface area contributed by atoms with E-state index in [0.29, 0.717) is 35.1 Å². The third-order valence-corrected chi connectivity index (χ3v) is 6.19. The molecule has 6 nitrogen and oxygen atoms in total. The van der Waals surface area contributed by atoms with Gasteiger partial charge in [-0.25, -0.2) is 0 Å². The van der Waals surface area contributed by atoms with Crippen molar-refractivity contribution in [2.75, 3.05) is 13.2 Å². The molecule has 0 aliphatic heterocycles. The van der Waals surface area contributed by atoms with Gasteiger partial charge in [-0.05, 0) is 25.2 Å². The fourth-order valence-corrected chi connectivity index (χ4v) is 4.52. The van der Waals surface area contributed by atoms with Gasteiger partial charge in [-0.15, -0.1) is 0 Å². The van der Waals surface area contributed by atoms with Crippen LogP contribution in [0.25, 0.3) is 0 Å². The molecule has 0 saturated heterocycles. The standard InChI is InChI=1S/C29H28O6/c1-4-14-34-28-22(24(30)18-10-6-8-12-20(18)26(28)32)16-17(3)23-25(31)19-11-7-9-13-21(19)27(33)29(23)35-15-5-2/h6-13,17H,4-5,14-16H2,1-3H3. The Bertz CT molecular complexity index is 1280. The maximum Gasteiger partial charge on any atom is 0.228 e. The van der Waals surface area contributed by atoms with Crippen LogP contribution in [0.1, 0.15) is 81.5 Å². The monoisotopic (exact) mass is 472 g/mol. The minimum Gasteiger partial charge on any atom is -0.489 e. The van der Waals surface area contributed by atoms with Crippen molar-refractivity contribution in [3.05, 3.63) is 93.4 Å². The molecule has 2 aliphatic rings. The van der Waals surface area contributed by atoms with Crippen LogP contribution in [0.2, 0.25) is 0 Å². The highest BCUT2D eigenvalue weighted by molar-refractivity contribution is 6.27. The molecule has 0 radical (unpaired) electrons. The summed E-state index contributed by atoms with van der Waals surface area (Å²) in [4.78, 5) is 53.5. The molecule has 0 amide bonds. The molecule has 6 heteroatoms. The first-order valence-corrected chi connectivity index (χ1v) is 12.0. The average Bonchev–Trinajstić information content (AvgIpc) is 2.88. The van der Waals surface area contributed by atoms with Gasteiger partial charge in [0.25, 0.3) is 0 Å². The van der Waals surface area contributed by atoms with Crippen LogP contribution >= 0.6 is 0 Å². The van der Waals surface area contributed by atoms with Crippen LogP contribution in [0.15, 0.2) is 71.2 Å². The number of benzene rings is 2. The Morgan fingerprint density at radius 1 is 0.629 bits per heavy atom. The highest BCUT2D eigenvalue weighted by Gasteiger charge is 2.39. The van der Waals surface area contributed by atoms with Gasteiger partial charge in [0.1, 0.15) is 0 Å². The Kier molecular flexibility index (Phi) is 7.10. The molecule has 2 aromatic carbocycles. The second-order valence-electron chi connectivity index (χ2n) is 8.76. The normalized spacial score (nSPS) is 16.3. The first-order chi connectivity index (χ1) is 16.9. The van der Waals surface area contributed by atoms with Crippen LogP contribution in [0.4, 0.5) is 0 Å². The number of carbonyl (C=O) groups is 4. The number of Topliss-reactive ketones (excluding diaryl/α,β-unsaturated/α-hetero) is 4. The minimum absolute atomic E-state index is 0.0222. The Balaban J connectivity index is 1.78. The molecule has 1 atom stereocenters. The molecular weight excluding hydrogens is 444 g/mol. The summed E-state index contributed by atoms with van der Waals surface area (Å²) >= 11 is 0. The maximum absolute atomic E-state index is 13.5. The summed E-state index contributed by atoms with van der Waals surface area (Å²) in [5, 5.41) is 0. The van der Waals surface area contributed by atoms with E-state index in [-0.39, 0.29) is 65.4 Å². The molecule has 0 spiro atoms. The highest BCUT2D eigenvalue weighted by atomic mass is 16.5. The zero-order chi connectivity index (χ0) is 25.1. The summed E-state index contributed by atoms with van der Waals surface area (Å²) < 4.78 is 11.6. The number of fused-ring (bicyclic) bond motifs is 2. The van der Waals surface area contributed by atoms with Crippen LogP contribution in [0.5, 0.6) is 0 Å². The van der Waals surface area contributed by atoms with E-state index in [2.05, 4.69) is 0 Å². The molecule has 2 aliphatic carbocycles. The summed E-state index contributed by atoms with van der Waals surface area (Å²) in [6.07, 6.45) is 1.39. The number of allylic oxidation sites excluding steroid dienone is 4. The molecular formula is C29H28O6. The van der Waals surface area contributed by atoms with Gasteiger partial charge < -0.3 is 9.47 Å². The van der Waals surface area contributed by atoms with Crippen molar-refractivity contribution >= 4 is 23.1 Å². The van der Waals surface area contributed by atoms with Crippen molar-refractivity contribution in [1.29, 1.82) is 0 Å². The van der Waals surface area contributed by atoms with E-state index >= 15 is 0 Å². The lowest BCUT2D eigenvalue weighted by Gasteiger charge is -2.27. The molecule has 0 bridgehead atoms. The molecule has 0 aromatic heterocycles. The Morgan fingerprint density at radius 3 is 1.57 bits per heavy atom. The van der Waals surface area contributed by atoms with Crippen LogP contribution in [0, 0.1) is 5.92 Å². The molecule has 2 aromatic rings. The van der Waals surface area contributed by atoms with E-state index in [1.54, 1.807) is 55.5 Å². The molecule has 35 heavy (non-hydrogen) atoms. The number of ether oxygens (including phenoxy) is 2. The lowest BCUT2D eigenvalue weighted by atomic mass is 9.78. The molecule has 0 saturated carbocycles. The van der Waals surface area contributed by atoms with Gasteiger partial charge in [-0.1, -0.05) is 69.3 Å². The van der Waals surface area contributed by atoms with Gasteiger partial charge in [-0.2, -0.15) is 0 Å². The molecule has 180 valence electrons. The molecule has 4 rings (SSSR count). The molecule has 0 N–H and O–H groups in total. The third kappa shape index (κ3) is 4.36. The summed E-state index contributed by atoms with van der Waals surface area (Å²) in [5.41, 5.74) is 1.69. The van der Waals surface area contributed by atoms with Crippen molar-refractivity contribution in [3.63, 3.8) is 0 Å². The van der Waals surface area contributed by atoms with Crippen LogP contribution in [-0.4, -0.2) is 36.3 Å². The Labute approximate surface area is 204 Å². The summed E-state index contributed by atoms with van der Waals surface area (Å²) in [6.45, 7) is 6.17. The highest BCUT2D eigenvalue weighted by Crippen LogP contribution is 2.37. The van der Waals surface area contributed by atoms with E-state index in [0.717, 1.165) is 0 Å². The lowest BCUT2D eigenvalue weighted by Crippen LogP contribution is -2.29. The first kappa shape index (κ1) is 24.3. The smallest absolute Gasteiger partial charge is 0.228 e. The predicted octanol–water partition coefficient (Wildman–Crippen LogP) is 5.53. The molecule has 0 heterocycles. The fraction of sp³-hybridized carbons (Fsp3) is 0.310. The van der Waals surface area contributed by atoms with Gasteiger partial charge in [0.2, 0.25) is 11.6 Å². The summed E-state index contributed by atoms with van der Waals surface area (Å²) in [6, 6.07) is 13.3. The van der Waals surface area contributed by atoms with Crippen molar-refractivity contribution in [2.24, 2.45) is 5.92 Å². The summed E-state index contributed by atoms with van der Waals surface area (Å²) in [5.74, 6) is -1.81. The van der Waals surface area contributed by atoms with Gasteiger partial charge in [0.15, 0.2) is 23.1 Å². The van der Waals surface area contributed by atoms with Gasteiger partial charge in [-0.3, -0.25) is 19.2 Å². The van der Waals surface area contributed by atoms with Crippen molar-refractivity contribution in [2.45, 2.75) is 40.0 Å². The number of ketones is 4. The Morgan fingerprint density at radius 2 is 1.06 bits per heavy atom. The predicted molar refractivity (Wildman–Crippen MR) is 131 cm³/mol. The second-order valence-corrected chi connectivity index (χ2v) is 8.76. The largest absolute Gasteiger partial charge is 0.489 e. The number of hydrogen-bond donors (Lipinski definition) is 0. The topological polar surface area (TPSA) is 86.7 Å². The SMILES string of the molecule is CCCOC1=C(CC(C)C2=C(OCCC)C(=O)c3ccccc3C2=O)C(=O)c2ccccc2C1=O. The first-order valence-electron chi connectivity index (χ1n) is 12.0. The zero-order valence-electron chi connectivity index (χ0n) is 20.2. The van der Waals surface area contributed by atoms with Crippen LogP contribution in [0.3, 0.4) is 0 Å². The second kappa shape index (κ2) is 10.2. The van der Waals surface area contributed by atoms with Crippen LogP contribution < -0.4 is 0 Å². The quantitative estimate of drug-likeness (QED) is 0.477. The van der Waals surface area contributed by atoms with E-state index in [4.69, 9.17) is 9.47 Å². The minimum atomic E-state index is -0.566. The van der Waals surface area contributed by atoms with Gasteiger partial charge >= 0.3 is 0 Å². The molecule has 0 fully saturated rings. The van der Waals surface area contributed by atoms with Crippen molar-refractivity contribution in [1.82, 2.24) is 0 Å². The van der Waals surface area contributed by atoms with Gasteiger partial charge in [0, 0.05) is 33.4 Å². The van der Waals surface area contributed by atoms with E-state index in [1.165, 1.54) is 0 Å². The number of rotatable bonds is 9. The van der Waals surface area contributed by atoms with Gasteiger partial charge in [0.05, 0.1) is 13.2 Å². The van der Waals surface area contributed by atoms with E-state index < -0.39 is 5.92 Å². The lowest BCUT2D eigenvalue weighted by molar-refractivity contribution is 0.0852. The zero-order valence-corrected chi connectivity index (χ0v) is 20.2. The maximum atomic E-state index is 13.5. The van der Waals surface area contributed by atoms with E-state index in [9.17, 15) is 19.2 Å². The van der Waals surface area contributed by atoms with E-state index in [1.807, 2.05) is 13.8 Å². The average molecular weight is 473 g/mol. The summed E-state index contributed by atoms with van der Waals surface area (Å²) in [7, 11) is 0. The van der Waals surface area contributed by atoms with Crippen molar-refractivity contribution < 1.29 is 28.7 Å². The Hall–Kier alpha value is -3.80. The van der Waals surface area contributed by atoms with Crippen molar-refractivity contribution in [3.8, 4) is 0 Å². The molecule has 1 unspecified atom stereocenters.